The van der Waals surface area contributed by atoms with Crippen molar-refractivity contribution in [3.05, 3.63) is 98.0 Å². The van der Waals surface area contributed by atoms with Gasteiger partial charge >= 0.3 is 17.1 Å². The Morgan fingerprint density at radius 3 is 1.80 bits per heavy atom. The van der Waals surface area contributed by atoms with Gasteiger partial charge < -0.3 is 0 Å². The minimum absolute atomic E-state index is 0. The molecule has 2 fully saturated rings. The van der Waals surface area contributed by atoms with Crippen LogP contribution in [-0.4, -0.2) is 0 Å². The van der Waals surface area contributed by atoms with Crippen molar-refractivity contribution in [1.82, 2.24) is 0 Å². The molecule has 2 aliphatic rings. The van der Waals surface area contributed by atoms with Crippen molar-refractivity contribution in [2.24, 2.45) is 0 Å². The van der Waals surface area contributed by atoms with Gasteiger partial charge in [0, 0.05) is 4.47 Å². The van der Waals surface area contributed by atoms with E-state index in [1.54, 1.807) is 0 Å². The molecule has 0 aromatic heterocycles. The third-order valence-electron chi connectivity index (χ3n) is 3.12. The van der Waals surface area contributed by atoms with E-state index < -0.39 is 0 Å². The second-order valence-electron chi connectivity index (χ2n) is 4.42. The predicted molar refractivity (Wildman–Crippen MR) is 84.5 cm³/mol. The summed E-state index contributed by atoms with van der Waals surface area (Å²) < 4.78 is 1.19. The van der Waals surface area contributed by atoms with E-state index in [0.29, 0.717) is 5.92 Å². The predicted octanol–water partition coefficient (Wildman–Crippen LogP) is 4.98. The van der Waals surface area contributed by atoms with Crippen molar-refractivity contribution >= 4 is 15.9 Å². The van der Waals surface area contributed by atoms with Crippen LogP contribution in [0.1, 0.15) is 18.4 Å². The molecule has 10 radical (unpaired) electrons. The van der Waals surface area contributed by atoms with Gasteiger partial charge in [-0.1, -0.05) is 41.1 Å². The Morgan fingerprint density at radius 2 is 1.30 bits per heavy atom. The summed E-state index contributed by atoms with van der Waals surface area (Å²) >= 11 is 3.58. The second-order valence-corrected chi connectivity index (χ2v) is 5.28. The van der Waals surface area contributed by atoms with Crippen molar-refractivity contribution in [3.63, 3.8) is 0 Å². The molecular formula is C18H17BrFe+2. The number of rotatable bonds is 2. The molecular weight excluding hydrogens is 352 g/mol. The average molecular weight is 369 g/mol. The molecule has 1 aromatic rings. The van der Waals surface area contributed by atoms with Crippen molar-refractivity contribution in [3.8, 4) is 0 Å². The SMILES string of the molecule is C[C@@H]([C]1[CH][CH][CH][CH]1)c1ccccc1Br.[CH]1[CH][CH][CH][CH]1.[Fe+2]. The summed E-state index contributed by atoms with van der Waals surface area (Å²) in [6.07, 6.45) is 18.5. The molecule has 20 heavy (non-hydrogen) atoms. The van der Waals surface area contributed by atoms with Crippen LogP contribution in [-0.2, 0) is 17.1 Å². The third-order valence-corrected chi connectivity index (χ3v) is 3.84. The summed E-state index contributed by atoms with van der Waals surface area (Å²) in [5, 5.41) is 0. The van der Waals surface area contributed by atoms with E-state index in [-0.39, 0.29) is 17.1 Å². The Labute approximate surface area is 143 Å². The summed E-state index contributed by atoms with van der Waals surface area (Å²) in [6.45, 7) is 2.23. The van der Waals surface area contributed by atoms with Crippen LogP contribution < -0.4 is 0 Å². The summed E-state index contributed by atoms with van der Waals surface area (Å²) in [5.74, 6) is 1.83. The fourth-order valence-corrected chi connectivity index (χ4v) is 2.63. The van der Waals surface area contributed by atoms with Crippen LogP contribution in [0.25, 0.3) is 0 Å². The first-order valence-electron chi connectivity index (χ1n) is 6.42. The maximum Gasteiger partial charge on any atom is 2.00 e. The molecule has 2 saturated carbocycles. The zero-order valence-electron chi connectivity index (χ0n) is 11.3. The molecule has 0 unspecified atom stereocenters. The van der Waals surface area contributed by atoms with Gasteiger partial charge in [0.15, 0.2) is 0 Å². The second kappa shape index (κ2) is 10.0. The molecule has 0 aliphatic heterocycles. The Bertz CT molecular complexity index is 360. The van der Waals surface area contributed by atoms with Crippen LogP contribution in [0.5, 0.6) is 0 Å². The molecule has 0 heterocycles. The minimum atomic E-state index is 0. The summed E-state index contributed by atoms with van der Waals surface area (Å²) in [5.41, 5.74) is 1.35. The van der Waals surface area contributed by atoms with Crippen LogP contribution >= 0.6 is 15.9 Å². The van der Waals surface area contributed by atoms with Crippen molar-refractivity contribution < 1.29 is 17.1 Å². The van der Waals surface area contributed by atoms with Gasteiger partial charge in [0.25, 0.3) is 0 Å². The van der Waals surface area contributed by atoms with Crippen molar-refractivity contribution in [1.29, 1.82) is 0 Å². The maximum absolute atomic E-state index is 3.58. The molecule has 3 rings (SSSR count). The van der Waals surface area contributed by atoms with E-state index in [2.05, 4.69) is 66.7 Å². The topological polar surface area (TPSA) is 0 Å². The summed E-state index contributed by atoms with van der Waals surface area (Å²) in [4.78, 5) is 0. The molecule has 2 aliphatic carbocycles. The van der Waals surface area contributed by atoms with Gasteiger partial charge in [-0.05, 0) is 81.3 Å². The van der Waals surface area contributed by atoms with E-state index in [1.165, 1.54) is 16.0 Å². The molecule has 0 spiro atoms. The normalized spacial score (nSPS) is 19.9. The third kappa shape index (κ3) is 5.54. The zero-order valence-corrected chi connectivity index (χ0v) is 14.0. The number of hydrogen-bond acceptors (Lipinski definition) is 0. The average Bonchev–Trinajstić information content (AvgIpc) is 3.14. The molecule has 102 valence electrons. The van der Waals surface area contributed by atoms with Gasteiger partial charge in [-0.3, -0.25) is 0 Å². The summed E-state index contributed by atoms with van der Waals surface area (Å²) in [6, 6.07) is 8.39. The first kappa shape index (κ1) is 18.3. The van der Waals surface area contributed by atoms with E-state index in [0.717, 1.165) is 0 Å². The van der Waals surface area contributed by atoms with E-state index in [9.17, 15) is 0 Å². The van der Waals surface area contributed by atoms with E-state index in [1.807, 2.05) is 38.2 Å². The van der Waals surface area contributed by atoms with Gasteiger partial charge in [0.2, 0.25) is 0 Å². The van der Waals surface area contributed by atoms with E-state index >= 15 is 0 Å². The minimum Gasteiger partial charge on any atom is -0.0619 e. The number of benzene rings is 1. The Balaban J connectivity index is 0.000000283. The van der Waals surface area contributed by atoms with Crippen LogP contribution in [0.2, 0.25) is 0 Å². The summed E-state index contributed by atoms with van der Waals surface area (Å²) in [7, 11) is 0. The fourth-order valence-electron chi connectivity index (χ4n) is 2.00. The van der Waals surface area contributed by atoms with Gasteiger partial charge in [0.1, 0.15) is 0 Å². The van der Waals surface area contributed by atoms with Gasteiger partial charge in [-0.2, -0.15) is 0 Å². The Morgan fingerprint density at radius 1 is 0.800 bits per heavy atom. The van der Waals surface area contributed by atoms with Gasteiger partial charge in [-0.25, -0.2) is 0 Å². The smallest absolute Gasteiger partial charge is 0.0619 e. The van der Waals surface area contributed by atoms with Crippen molar-refractivity contribution in [2.45, 2.75) is 12.8 Å². The zero-order chi connectivity index (χ0) is 13.5. The van der Waals surface area contributed by atoms with Crippen LogP contribution in [0.15, 0.2) is 28.7 Å². The molecule has 0 nitrogen and oxygen atoms in total. The largest absolute Gasteiger partial charge is 2.00 e. The first-order valence-corrected chi connectivity index (χ1v) is 7.21. The molecule has 1 atom stereocenters. The fraction of sp³-hybridized carbons (Fsp3) is 0.111. The molecule has 1 aromatic carbocycles. The van der Waals surface area contributed by atoms with Crippen LogP contribution in [0, 0.1) is 63.7 Å². The molecule has 0 saturated heterocycles. The standard InChI is InChI=1S/C13H12Br.C5H5.Fe/c1-10(11-6-2-3-7-11)12-8-4-5-9-13(12)14;1-2-4-5-3-1;/h2-10H,1H3;1-5H;/q;;+2/t10-;;/m0../s1. The number of halogens is 1. The molecule has 0 amide bonds. The van der Waals surface area contributed by atoms with Gasteiger partial charge in [-0.15, -0.1) is 0 Å². The molecule has 0 bridgehead atoms. The maximum atomic E-state index is 3.58. The molecule has 2 heteroatoms. The number of hydrogen-bond donors (Lipinski definition) is 0. The quantitative estimate of drug-likeness (QED) is 0.646. The Kier molecular flexibility index (Phi) is 9.16. The van der Waals surface area contributed by atoms with Crippen molar-refractivity contribution in [2.75, 3.05) is 0 Å². The molecule has 0 N–H and O–H groups in total. The van der Waals surface area contributed by atoms with Gasteiger partial charge in [0.05, 0.1) is 0 Å². The van der Waals surface area contributed by atoms with Crippen LogP contribution in [0.3, 0.4) is 0 Å². The van der Waals surface area contributed by atoms with Crippen LogP contribution in [0.4, 0.5) is 0 Å². The van der Waals surface area contributed by atoms with E-state index in [4.69, 9.17) is 0 Å². The monoisotopic (exact) mass is 368 g/mol. The Hall–Kier alpha value is 0.219. The first-order chi connectivity index (χ1) is 9.29.